The Bertz CT molecular complexity index is 760. The lowest BCUT2D eigenvalue weighted by Crippen LogP contribution is -2.27. The summed E-state index contributed by atoms with van der Waals surface area (Å²) in [5, 5.41) is 10.4. The molecule has 0 amide bonds. The summed E-state index contributed by atoms with van der Waals surface area (Å²) in [5.41, 5.74) is 3.12. The van der Waals surface area contributed by atoms with Crippen molar-refractivity contribution in [1.82, 2.24) is 9.88 Å². The van der Waals surface area contributed by atoms with E-state index in [9.17, 15) is 9.90 Å². The van der Waals surface area contributed by atoms with Gasteiger partial charge in [-0.05, 0) is 31.5 Å². The van der Waals surface area contributed by atoms with Crippen molar-refractivity contribution in [3.63, 3.8) is 0 Å². The van der Waals surface area contributed by atoms with Crippen LogP contribution in [0.5, 0.6) is 0 Å². The molecule has 4 nitrogen and oxygen atoms in total. The summed E-state index contributed by atoms with van der Waals surface area (Å²) in [4.78, 5) is 19.0. The molecule has 0 saturated carbocycles. The van der Waals surface area contributed by atoms with Gasteiger partial charge in [-0.1, -0.05) is 28.4 Å². The zero-order valence-corrected chi connectivity index (χ0v) is 13.1. The number of pyridine rings is 1. The van der Waals surface area contributed by atoms with Crippen molar-refractivity contribution in [2.45, 2.75) is 31.8 Å². The number of aromatic nitrogens is 1. The quantitative estimate of drug-likeness (QED) is 0.854. The van der Waals surface area contributed by atoms with Gasteiger partial charge < -0.3 is 5.11 Å². The third kappa shape index (κ3) is 1.99. The molecule has 1 saturated heterocycles. The van der Waals surface area contributed by atoms with Gasteiger partial charge in [0.25, 0.3) is 0 Å². The van der Waals surface area contributed by atoms with Crippen LogP contribution in [0.1, 0.15) is 46.9 Å². The fourth-order valence-corrected chi connectivity index (χ4v) is 4.02. The molecular weight excluding hydrogens is 332 g/mol. The van der Waals surface area contributed by atoms with E-state index < -0.39 is 5.97 Å². The van der Waals surface area contributed by atoms with E-state index in [1.807, 2.05) is 18.2 Å². The molecule has 2 aliphatic heterocycles. The molecule has 21 heavy (non-hydrogen) atoms. The Morgan fingerprint density at radius 1 is 1.38 bits per heavy atom. The fraction of sp³-hybridized carbons (Fsp3) is 0.375. The second-order valence-electron chi connectivity index (χ2n) is 5.80. The van der Waals surface area contributed by atoms with E-state index in [-0.39, 0.29) is 0 Å². The number of carboxylic acids is 1. The molecule has 3 heterocycles. The molecular formula is C16H15BrN2O2. The summed E-state index contributed by atoms with van der Waals surface area (Å²) in [5.74, 6) is -0.846. The zero-order valence-electron chi connectivity index (χ0n) is 11.5. The fourth-order valence-electron chi connectivity index (χ4n) is 3.67. The lowest BCUT2D eigenvalue weighted by atomic mass is 9.97. The Kier molecular flexibility index (Phi) is 3.01. The van der Waals surface area contributed by atoms with Gasteiger partial charge in [0.15, 0.2) is 0 Å². The molecule has 2 aliphatic rings. The molecule has 1 unspecified atom stereocenters. The van der Waals surface area contributed by atoms with Crippen LogP contribution in [0.4, 0.5) is 0 Å². The van der Waals surface area contributed by atoms with Crippen molar-refractivity contribution >= 4 is 32.8 Å². The van der Waals surface area contributed by atoms with E-state index in [1.165, 1.54) is 12.8 Å². The van der Waals surface area contributed by atoms with E-state index >= 15 is 0 Å². The van der Waals surface area contributed by atoms with Crippen LogP contribution in [0.2, 0.25) is 0 Å². The number of fused-ring (bicyclic) bond motifs is 4. The minimum atomic E-state index is -0.846. The maximum Gasteiger partial charge on any atom is 0.336 e. The molecule has 0 bridgehead atoms. The van der Waals surface area contributed by atoms with Crippen molar-refractivity contribution in [3.05, 3.63) is 39.5 Å². The topological polar surface area (TPSA) is 53.4 Å². The van der Waals surface area contributed by atoms with Gasteiger partial charge in [0, 0.05) is 22.0 Å². The van der Waals surface area contributed by atoms with E-state index in [0.29, 0.717) is 11.6 Å². The number of hydrogen-bond donors (Lipinski definition) is 1. The minimum Gasteiger partial charge on any atom is -0.478 e. The molecule has 0 radical (unpaired) electrons. The Balaban J connectivity index is 2.01. The Morgan fingerprint density at radius 2 is 2.24 bits per heavy atom. The molecule has 1 atom stereocenters. The molecule has 1 aromatic carbocycles. The van der Waals surface area contributed by atoms with Crippen molar-refractivity contribution in [1.29, 1.82) is 0 Å². The van der Waals surface area contributed by atoms with Gasteiger partial charge in [0.05, 0.1) is 22.8 Å². The van der Waals surface area contributed by atoms with Gasteiger partial charge in [-0.15, -0.1) is 0 Å². The number of carboxylic acid groups (broad SMARTS) is 1. The summed E-state index contributed by atoms with van der Waals surface area (Å²) in [6.07, 6.45) is 3.47. The predicted octanol–water partition coefficient (Wildman–Crippen LogP) is 3.74. The van der Waals surface area contributed by atoms with Crippen LogP contribution < -0.4 is 0 Å². The highest BCUT2D eigenvalue weighted by Gasteiger charge is 2.36. The lowest BCUT2D eigenvalue weighted by Gasteiger charge is -2.28. The summed E-state index contributed by atoms with van der Waals surface area (Å²) in [6.45, 7) is 1.76. The van der Waals surface area contributed by atoms with E-state index in [2.05, 4.69) is 20.8 Å². The monoisotopic (exact) mass is 346 g/mol. The minimum absolute atomic E-state index is 0.301. The third-order valence-corrected chi connectivity index (χ3v) is 5.08. The van der Waals surface area contributed by atoms with E-state index in [1.54, 1.807) is 0 Å². The first-order valence-corrected chi connectivity index (χ1v) is 8.04. The second kappa shape index (κ2) is 4.78. The average molecular weight is 347 g/mol. The summed E-state index contributed by atoms with van der Waals surface area (Å²) in [7, 11) is 0. The van der Waals surface area contributed by atoms with Crippen LogP contribution in [0.15, 0.2) is 22.7 Å². The van der Waals surface area contributed by atoms with Crippen molar-refractivity contribution in [3.8, 4) is 0 Å². The SMILES string of the molecule is O=C(O)c1c2c(nc3cc(Br)ccc13)C1CCCCN1C2. The predicted molar refractivity (Wildman–Crippen MR) is 83.4 cm³/mol. The Morgan fingerprint density at radius 3 is 3.05 bits per heavy atom. The smallest absolute Gasteiger partial charge is 0.336 e. The third-order valence-electron chi connectivity index (χ3n) is 4.59. The number of aromatic carboxylic acids is 1. The van der Waals surface area contributed by atoms with Gasteiger partial charge in [0.1, 0.15) is 0 Å². The second-order valence-corrected chi connectivity index (χ2v) is 6.71. The number of rotatable bonds is 1. The number of nitrogens with zero attached hydrogens (tertiary/aromatic N) is 2. The summed E-state index contributed by atoms with van der Waals surface area (Å²) in [6, 6.07) is 5.95. The first-order chi connectivity index (χ1) is 10.1. The highest BCUT2D eigenvalue weighted by molar-refractivity contribution is 9.10. The average Bonchev–Trinajstić information content (AvgIpc) is 2.82. The van der Waals surface area contributed by atoms with Crippen LogP contribution in [0.3, 0.4) is 0 Å². The number of halogens is 1. The Labute approximate surface area is 130 Å². The Hall–Kier alpha value is -1.46. The number of benzene rings is 1. The highest BCUT2D eigenvalue weighted by atomic mass is 79.9. The molecule has 5 heteroatoms. The van der Waals surface area contributed by atoms with Crippen molar-refractivity contribution < 1.29 is 9.90 Å². The van der Waals surface area contributed by atoms with Gasteiger partial charge in [-0.3, -0.25) is 9.88 Å². The lowest BCUT2D eigenvalue weighted by molar-refractivity contribution is 0.0697. The number of carbonyl (C=O) groups is 1. The summed E-state index contributed by atoms with van der Waals surface area (Å²) < 4.78 is 0.928. The summed E-state index contributed by atoms with van der Waals surface area (Å²) >= 11 is 3.45. The van der Waals surface area contributed by atoms with E-state index in [0.717, 1.165) is 46.1 Å². The van der Waals surface area contributed by atoms with Gasteiger partial charge in [-0.2, -0.15) is 0 Å². The van der Waals surface area contributed by atoms with Crippen LogP contribution in [0.25, 0.3) is 10.9 Å². The number of piperidine rings is 1. The first kappa shape index (κ1) is 13.2. The first-order valence-electron chi connectivity index (χ1n) is 7.24. The largest absolute Gasteiger partial charge is 0.478 e. The molecule has 0 aliphatic carbocycles. The molecule has 108 valence electrons. The standard InChI is InChI=1S/C16H15BrN2O2/c17-9-4-5-10-12(7-9)18-15-11(14(10)16(20)21)8-19-6-2-1-3-13(15)19/h4-5,7,13H,1-3,6,8H2,(H,20,21). The van der Waals surface area contributed by atoms with Crippen LogP contribution in [-0.4, -0.2) is 27.5 Å². The maximum absolute atomic E-state index is 11.8. The molecule has 4 rings (SSSR count). The van der Waals surface area contributed by atoms with E-state index in [4.69, 9.17) is 4.98 Å². The van der Waals surface area contributed by atoms with Crippen molar-refractivity contribution in [2.24, 2.45) is 0 Å². The number of hydrogen-bond acceptors (Lipinski definition) is 3. The molecule has 1 fully saturated rings. The molecule has 1 aromatic heterocycles. The normalized spacial score (nSPS) is 21.3. The van der Waals surface area contributed by atoms with Crippen LogP contribution in [-0.2, 0) is 6.54 Å². The van der Waals surface area contributed by atoms with Gasteiger partial charge in [-0.25, -0.2) is 4.79 Å². The molecule has 0 spiro atoms. The van der Waals surface area contributed by atoms with Gasteiger partial charge >= 0.3 is 5.97 Å². The highest BCUT2D eigenvalue weighted by Crippen LogP contribution is 2.42. The maximum atomic E-state index is 11.8. The molecule has 2 aromatic rings. The van der Waals surface area contributed by atoms with Crippen molar-refractivity contribution in [2.75, 3.05) is 6.54 Å². The molecule has 1 N–H and O–H groups in total. The zero-order chi connectivity index (χ0) is 14.6. The van der Waals surface area contributed by atoms with Gasteiger partial charge in [0.2, 0.25) is 0 Å². The van der Waals surface area contributed by atoms with Crippen LogP contribution >= 0.6 is 15.9 Å². The van der Waals surface area contributed by atoms with Crippen LogP contribution in [0, 0.1) is 0 Å².